The Kier molecular flexibility index (Phi) is 6.09. The third kappa shape index (κ3) is 4.43. The normalized spacial score (nSPS) is 29.8. The molecule has 4 aliphatic rings. The fourth-order valence-electron chi connectivity index (χ4n) is 5.31. The molecule has 10 nitrogen and oxygen atoms in total. The van der Waals surface area contributed by atoms with E-state index in [9.17, 15) is 9.59 Å². The summed E-state index contributed by atoms with van der Waals surface area (Å²) in [6.07, 6.45) is 4.34. The van der Waals surface area contributed by atoms with Crippen LogP contribution in [0.15, 0.2) is 11.2 Å². The molecule has 2 aliphatic carbocycles. The van der Waals surface area contributed by atoms with Crippen molar-refractivity contribution in [1.82, 2.24) is 15.3 Å². The molecule has 1 atom stereocenters. The van der Waals surface area contributed by atoms with E-state index in [2.05, 4.69) is 29.2 Å². The number of nitrogens with zero attached hydrogens (tertiary/aromatic N) is 3. The first-order valence-corrected chi connectivity index (χ1v) is 12.7. The predicted molar refractivity (Wildman–Crippen MR) is 128 cm³/mol. The molecule has 0 aromatic carbocycles. The highest BCUT2D eigenvalue weighted by Crippen LogP contribution is 2.59. The standard InChI is InChI=1S/C23H32N6O4S/c1-12(2)10-26-22-28-29(21(34-22)19(25)31)14-6-23(7-14)8-15(9-23)33-20-16(18(24)30)5-13-11-32-4-3-17(13)27-20/h5,12,14-15,21H,3-4,6-11H2,1-2H3,(H2,24,30)(H2,25,31)(H,26,28). The van der Waals surface area contributed by atoms with E-state index >= 15 is 0 Å². The van der Waals surface area contributed by atoms with Gasteiger partial charge in [-0.15, -0.1) is 0 Å². The number of amidine groups is 1. The number of rotatable bonds is 7. The van der Waals surface area contributed by atoms with Gasteiger partial charge in [-0.25, -0.2) is 4.98 Å². The molecule has 1 spiro atoms. The number of amides is 2. The number of carbonyl (C=O) groups is 2. The maximum atomic E-state index is 12.0. The number of nitrogens with two attached hydrogens (primary N) is 2. The van der Waals surface area contributed by atoms with Crippen molar-refractivity contribution in [3.63, 3.8) is 0 Å². The number of hydrogen-bond acceptors (Lipinski definition) is 9. The van der Waals surface area contributed by atoms with Crippen molar-refractivity contribution >= 4 is 28.7 Å². The maximum absolute atomic E-state index is 12.0. The summed E-state index contributed by atoms with van der Waals surface area (Å²) in [5.41, 5.74) is 13.5. The van der Waals surface area contributed by atoms with E-state index in [-0.39, 0.29) is 23.5 Å². The zero-order chi connectivity index (χ0) is 24.0. The van der Waals surface area contributed by atoms with E-state index < -0.39 is 11.3 Å². The Hall–Kier alpha value is -2.53. The third-order valence-corrected chi connectivity index (χ3v) is 8.17. The predicted octanol–water partition coefficient (Wildman–Crippen LogP) is 1.32. The number of nitrogens with one attached hydrogen (secondary N) is 1. The van der Waals surface area contributed by atoms with E-state index in [4.69, 9.17) is 20.9 Å². The van der Waals surface area contributed by atoms with E-state index in [0.29, 0.717) is 37.0 Å². The van der Waals surface area contributed by atoms with E-state index in [1.54, 1.807) is 6.07 Å². The highest BCUT2D eigenvalue weighted by molar-refractivity contribution is 8.15. The molecule has 2 aliphatic heterocycles. The molecule has 184 valence electrons. The second kappa shape index (κ2) is 8.92. The minimum absolute atomic E-state index is 0.00361. The summed E-state index contributed by atoms with van der Waals surface area (Å²) in [7, 11) is 0. The molecule has 0 radical (unpaired) electrons. The van der Waals surface area contributed by atoms with Crippen LogP contribution < -0.4 is 21.5 Å². The summed E-state index contributed by atoms with van der Waals surface area (Å²) in [4.78, 5) is 28.6. The molecule has 3 heterocycles. The molecule has 0 saturated heterocycles. The summed E-state index contributed by atoms with van der Waals surface area (Å²) in [6, 6.07) is 1.94. The molecular formula is C23H32N6O4S. The van der Waals surface area contributed by atoms with Crippen molar-refractivity contribution in [2.75, 3.05) is 13.2 Å². The van der Waals surface area contributed by atoms with Gasteiger partial charge in [0.25, 0.3) is 11.8 Å². The van der Waals surface area contributed by atoms with Gasteiger partial charge in [0.15, 0.2) is 10.5 Å². The lowest BCUT2D eigenvalue weighted by molar-refractivity contribution is -0.132. The van der Waals surface area contributed by atoms with E-state index in [0.717, 1.165) is 48.7 Å². The van der Waals surface area contributed by atoms with Crippen molar-refractivity contribution < 1.29 is 19.1 Å². The Bertz CT molecular complexity index is 1020. The summed E-state index contributed by atoms with van der Waals surface area (Å²) in [6.45, 7) is 6.11. The second-order valence-corrected chi connectivity index (χ2v) is 11.3. The molecule has 5 rings (SSSR count). The molecule has 1 aromatic heterocycles. The molecule has 0 bridgehead atoms. The quantitative estimate of drug-likeness (QED) is 0.521. The number of primary amides is 2. The molecule has 1 aromatic rings. The molecule has 5 N–H and O–H groups in total. The topological polar surface area (TPSA) is 145 Å². The van der Waals surface area contributed by atoms with Gasteiger partial charge < -0.3 is 26.3 Å². The van der Waals surface area contributed by atoms with Gasteiger partial charge in [-0.3, -0.25) is 14.6 Å². The highest BCUT2D eigenvalue weighted by Gasteiger charge is 2.57. The van der Waals surface area contributed by atoms with Gasteiger partial charge in [0.2, 0.25) is 5.88 Å². The van der Waals surface area contributed by atoms with Gasteiger partial charge in [-0.1, -0.05) is 13.8 Å². The van der Waals surface area contributed by atoms with Crippen molar-refractivity contribution in [2.45, 2.75) is 70.1 Å². The lowest BCUT2D eigenvalue weighted by Crippen LogP contribution is -2.59. The SMILES string of the molecule is CC(C)CNC1=NN(C2CC3(CC(Oc4nc5c(cc4C(N)=O)COCC5)C3)C2)C(C(N)=O)S1. The van der Waals surface area contributed by atoms with Crippen LogP contribution in [0, 0.1) is 11.3 Å². The first kappa shape index (κ1) is 23.2. The van der Waals surface area contributed by atoms with Crippen molar-refractivity contribution in [2.24, 2.45) is 27.9 Å². The second-order valence-electron chi connectivity index (χ2n) is 10.3. The van der Waals surface area contributed by atoms with Crippen LogP contribution in [0.25, 0.3) is 0 Å². The Labute approximate surface area is 203 Å². The zero-order valence-corrected chi connectivity index (χ0v) is 20.4. The molecule has 1 unspecified atom stereocenters. The number of pyridine rings is 1. The molecule has 11 heteroatoms. The van der Waals surface area contributed by atoms with Crippen LogP contribution in [-0.2, 0) is 22.6 Å². The number of fused-ring (bicyclic) bond motifs is 1. The van der Waals surface area contributed by atoms with Crippen LogP contribution >= 0.6 is 11.8 Å². The van der Waals surface area contributed by atoms with Crippen LogP contribution in [0.5, 0.6) is 5.88 Å². The first-order chi connectivity index (χ1) is 16.2. The Morgan fingerprint density at radius 3 is 2.76 bits per heavy atom. The number of hydrogen-bond donors (Lipinski definition) is 3. The van der Waals surface area contributed by atoms with Gasteiger partial charge in [0.1, 0.15) is 11.7 Å². The number of thioether (sulfide) groups is 1. The summed E-state index contributed by atoms with van der Waals surface area (Å²) in [5, 5.41) is 10.2. The minimum Gasteiger partial charge on any atom is -0.474 e. The van der Waals surface area contributed by atoms with Crippen molar-refractivity contribution in [3.05, 3.63) is 22.9 Å². The largest absolute Gasteiger partial charge is 0.474 e. The van der Waals surface area contributed by atoms with Crippen LogP contribution in [0.3, 0.4) is 0 Å². The molecule has 2 fully saturated rings. The Balaban J connectivity index is 1.19. The lowest BCUT2D eigenvalue weighted by atomic mass is 9.52. The first-order valence-electron chi connectivity index (χ1n) is 11.9. The zero-order valence-electron chi connectivity index (χ0n) is 19.6. The van der Waals surface area contributed by atoms with E-state index in [1.165, 1.54) is 11.8 Å². The van der Waals surface area contributed by atoms with Gasteiger partial charge in [0, 0.05) is 18.5 Å². The fourth-order valence-corrected chi connectivity index (χ4v) is 6.27. The molecule has 34 heavy (non-hydrogen) atoms. The van der Waals surface area contributed by atoms with Crippen LogP contribution in [0.1, 0.15) is 61.1 Å². The number of carbonyl (C=O) groups excluding carboxylic acids is 2. The summed E-state index contributed by atoms with van der Waals surface area (Å²) < 4.78 is 11.6. The summed E-state index contributed by atoms with van der Waals surface area (Å²) in [5.74, 6) is -0.0959. The van der Waals surface area contributed by atoms with Gasteiger partial charge in [-0.2, -0.15) is 5.10 Å². The Morgan fingerprint density at radius 1 is 1.32 bits per heavy atom. The number of hydrazone groups is 1. The molecule has 2 amide bonds. The third-order valence-electron chi connectivity index (χ3n) is 7.05. The maximum Gasteiger partial charge on any atom is 0.254 e. The summed E-state index contributed by atoms with van der Waals surface area (Å²) >= 11 is 1.39. The van der Waals surface area contributed by atoms with Gasteiger partial charge >= 0.3 is 0 Å². The lowest BCUT2D eigenvalue weighted by Gasteiger charge is -2.58. The minimum atomic E-state index is -0.544. The average molecular weight is 489 g/mol. The fraction of sp³-hybridized carbons (Fsp3) is 0.652. The van der Waals surface area contributed by atoms with Crippen LogP contribution in [0.2, 0.25) is 0 Å². The molecular weight excluding hydrogens is 456 g/mol. The smallest absolute Gasteiger partial charge is 0.254 e. The highest BCUT2D eigenvalue weighted by atomic mass is 32.2. The monoisotopic (exact) mass is 488 g/mol. The van der Waals surface area contributed by atoms with E-state index in [1.807, 2.05) is 5.01 Å². The Morgan fingerprint density at radius 2 is 2.09 bits per heavy atom. The van der Waals surface area contributed by atoms with Gasteiger partial charge in [0.05, 0.1) is 24.9 Å². The number of aromatic nitrogens is 1. The van der Waals surface area contributed by atoms with Crippen molar-refractivity contribution in [3.8, 4) is 5.88 Å². The van der Waals surface area contributed by atoms with Crippen molar-refractivity contribution in [1.29, 1.82) is 0 Å². The average Bonchev–Trinajstić information content (AvgIpc) is 3.16. The van der Waals surface area contributed by atoms with Crippen LogP contribution in [-0.4, -0.2) is 57.6 Å². The number of ether oxygens (including phenoxy) is 2. The van der Waals surface area contributed by atoms with Gasteiger partial charge in [-0.05, 0) is 54.8 Å². The molecule has 2 saturated carbocycles. The van der Waals surface area contributed by atoms with Crippen LogP contribution in [0.4, 0.5) is 0 Å².